The van der Waals surface area contributed by atoms with E-state index in [9.17, 15) is 22.8 Å². The molecule has 0 saturated carbocycles. The normalized spacial score (nSPS) is 11.6. The van der Waals surface area contributed by atoms with Crippen LogP contribution in [0.5, 0.6) is 0 Å². The minimum Gasteiger partial charge on any atom is -0.481 e. The van der Waals surface area contributed by atoms with E-state index < -0.39 is 28.6 Å². The molecule has 0 fully saturated rings. The fourth-order valence-electron chi connectivity index (χ4n) is 2.01. The van der Waals surface area contributed by atoms with Gasteiger partial charge in [0.2, 0.25) is 0 Å². The number of benzene rings is 1. The first-order chi connectivity index (χ1) is 12.6. The Kier molecular flexibility index (Phi) is 8.62. The van der Waals surface area contributed by atoms with E-state index in [1.165, 1.54) is 6.07 Å². The Balaban J connectivity index is 2.61. The minimum atomic E-state index is -4.63. The van der Waals surface area contributed by atoms with Crippen molar-refractivity contribution in [1.82, 2.24) is 5.32 Å². The van der Waals surface area contributed by atoms with Crippen LogP contribution in [0.25, 0.3) is 0 Å². The van der Waals surface area contributed by atoms with Gasteiger partial charge in [-0.1, -0.05) is 18.0 Å². The van der Waals surface area contributed by atoms with Crippen molar-refractivity contribution < 1.29 is 27.9 Å². The van der Waals surface area contributed by atoms with Crippen molar-refractivity contribution in [2.75, 3.05) is 11.9 Å². The van der Waals surface area contributed by atoms with Crippen molar-refractivity contribution in [3.8, 4) is 6.07 Å². The number of carbonyl (C=O) groups excluding carboxylic acids is 1. The number of unbranched alkanes of at least 4 members (excludes halogenated alkanes) is 2. The maximum absolute atomic E-state index is 12.8. The number of hydrogen-bond acceptors (Lipinski definition) is 4. The highest BCUT2D eigenvalue weighted by Crippen LogP contribution is 2.36. The maximum Gasteiger partial charge on any atom is 0.417 e. The third-order valence-corrected chi connectivity index (χ3v) is 3.70. The first-order valence-corrected chi connectivity index (χ1v) is 8.26. The van der Waals surface area contributed by atoms with Gasteiger partial charge < -0.3 is 15.7 Å². The average Bonchev–Trinajstić information content (AvgIpc) is 2.58. The highest BCUT2D eigenvalue weighted by molar-refractivity contribution is 6.31. The van der Waals surface area contributed by atoms with Crippen LogP contribution in [0.4, 0.5) is 18.9 Å². The molecule has 1 rings (SSSR count). The molecule has 1 aromatic carbocycles. The summed E-state index contributed by atoms with van der Waals surface area (Å²) >= 11 is 5.52. The van der Waals surface area contributed by atoms with Crippen molar-refractivity contribution in [2.24, 2.45) is 0 Å². The van der Waals surface area contributed by atoms with Crippen LogP contribution in [0.3, 0.4) is 0 Å². The van der Waals surface area contributed by atoms with Crippen LogP contribution in [-0.2, 0) is 15.8 Å². The number of carboxylic acids is 1. The zero-order chi connectivity index (χ0) is 20.4. The van der Waals surface area contributed by atoms with Gasteiger partial charge in [0.15, 0.2) is 0 Å². The summed E-state index contributed by atoms with van der Waals surface area (Å²) in [7, 11) is 0. The fourth-order valence-corrected chi connectivity index (χ4v) is 2.24. The number of carboxylic acid groups (broad SMARTS) is 1. The minimum absolute atomic E-state index is 0.0148. The van der Waals surface area contributed by atoms with Crippen LogP contribution in [0.2, 0.25) is 5.02 Å². The summed E-state index contributed by atoms with van der Waals surface area (Å²) < 4.78 is 38.5. The zero-order valence-corrected chi connectivity index (χ0v) is 14.8. The van der Waals surface area contributed by atoms with Crippen molar-refractivity contribution >= 4 is 29.2 Å². The molecule has 0 aliphatic heterocycles. The number of carbonyl (C=O) groups is 2. The van der Waals surface area contributed by atoms with Gasteiger partial charge in [0.25, 0.3) is 5.91 Å². The van der Waals surface area contributed by atoms with Crippen LogP contribution < -0.4 is 10.6 Å². The molecule has 0 aliphatic carbocycles. The van der Waals surface area contributed by atoms with Gasteiger partial charge in [-0.25, -0.2) is 0 Å². The SMILES string of the molecule is N#C/C(=C/Nc1ccc(Cl)c(C(F)(F)F)c1)C(=O)NCCCCCC(=O)O. The summed E-state index contributed by atoms with van der Waals surface area (Å²) in [6.45, 7) is 0.247. The van der Waals surface area contributed by atoms with Gasteiger partial charge in [-0.15, -0.1) is 0 Å². The molecule has 146 valence electrons. The third kappa shape index (κ3) is 8.00. The number of halogens is 4. The van der Waals surface area contributed by atoms with Crippen LogP contribution in [0, 0.1) is 11.3 Å². The Morgan fingerprint density at radius 2 is 1.96 bits per heavy atom. The van der Waals surface area contributed by atoms with Crippen LogP contribution in [0.15, 0.2) is 30.0 Å². The van der Waals surface area contributed by atoms with Crippen molar-refractivity contribution in [3.63, 3.8) is 0 Å². The topological polar surface area (TPSA) is 102 Å². The van der Waals surface area contributed by atoms with E-state index in [1.54, 1.807) is 6.07 Å². The molecule has 0 heterocycles. The third-order valence-electron chi connectivity index (χ3n) is 3.37. The van der Waals surface area contributed by atoms with Gasteiger partial charge in [0, 0.05) is 24.9 Å². The molecule has 3 N–H and O–H groups in total. The standard InChI is InChI=1S/C17H17ClF3N3O3/c18-14-6-5-12(8-13(14)17(19,20)21)24-10-11(9-22)16(27)23-7-3-1-2-4-15(25)26/h5-6,8,10,24H,1-4,7H2,(H,23,27)(H,25,26)/b11-10-. The molecule has 27 heavy (non-hydrogen) atoms. The molecule has 0 aliphatic rings. The molecule has 0 unspecified atom stereocenters. The molecule has 1 amide bonds. The number of nitrogens with one attached hydrogen (secondary N) is 2. The van der Waals surface area contributed by atoms with Crippen molar-refractivity contribution in [2.45, 2.75) is 31.9 Å². The van der Waals surface area contributed by atoms with E-state index in [4.69, 9.17) is 22.0 Å². The van der Waals surface area contributed by atoms with Crippen LogP contribution in [0.1, 0.15) is 31.2 Å². The van der Waals surface area contributed by atoms with E-state index in [0.717, 1.165) is 18.3 Å². The largest absolute Gasteiger partial charge is 0.481 e. The zero-order valence-electron chi connectivity index (χ0n) is 14.1. The Labute approximate surface area is 158 Å². The van der Waals surface area contributed by atoms with Gasteiger partial charge in [0.05, 0.1) is 10.6 Å². The molecule has 0 bridgehead atoms. The second kappa shape index (κ2) is 10.4. The lowest BCUT2D eigenvalue weighted by atomic mass is 10.2. The van der Waals surface area contributed by atoms with Crippen molar-refractivity contribution in [1.29, 1.82) is 5.26 Å². The number of alkyl halides is 3. The molecule has 0 aromatic heterocycles. The summed E-state index contributed by atoms with van der Waals surface area (Å²) in [6.07, 6.45) is -1.97. The second-order valence-corrected chi connectivity index (χ2v) is 5.87. The van der Waals surface area contributed by atoms with E-state index in [-0.39, 0.29) is 24.2 Å². The molecule has 0 spiro atoms. The van der Waals surface area contributed by atoms with Crippen molar-refractivity contribution in [3.05, 3.63) is 40.6 Å². The van der Waals surface area contributed by atoms with Gasteiger partial charge in [-0.2, -0.15) is 18.4 Å². The molecule has 0 radical (unpaired) electrons. The number of rotatable bonds is 9. The molecular formula is C17H17ClF3N3O3. The van der Waals surface area contributed by atoms with Gasteiger partial charge in [-0.3, -0.25) is 9.59 Å². The Hall–Kier alpha value is -2.73. The number of anilines is 1. The maximum atomic E-state index is 12.8. The lowest BCUT2D eigenvalue weighted by Crippen LogP contribution is -2.26. The fraction of sp³-hybridized carbons (Fsp3) is 0.353. The monoisotopic (exact) mass is 403 g/mol. The number of hydrogen-bond donors (Lipinski definition) is 3. The molecule has 0 saturated heterocycles. The highest BCUT2D eigenvalue weighted by atomic mass is 35.5. The number of nitriles is 1. The lowest BCUT2D eigenvalue weighted by Gasteiger charge is -2.11. The summed E-state index contributed by atoms with van der Waals surface area (Å²) in [5.41, 5.74) is -1.34. The molecular weight excluding hydrogens is 387 g/mol. The summed E-state index contributed by atoms with van der Waals surface area (Å²) in [5, 5.41) is 22.0. The summed E-state index contributed by atoms with van der Waals surface area (Å²) in [4.78, 5) is 22.2. The van der Waals surface area contributed by atoms with E-state index >= 15 is 0 Å². The van der Waals surface area contributed by atoms with Gasteiger partial charge in [-0.05, 0) is 31.0 Å². The number of amides is 1. The average molecular weight is 404 g/mol. The first-order valence-electron chi connectivity index (χ1n) is 7.88. The first kappa shape index (κ1) is 22.3. The van der Waals surface area contributed by atoms with Crippen LogP contribution >= 0.6 is 11.6 Å². The lowest BCUT2D eigenvalue weighted by molar-refractivity contribution is -0.138. The van der Waals surface area contributed by atoms with Gasteiger partial charge >= 0.3 is 12.1 Å². The van der Waals surface area contributed by atoms with Gasteiger partial charge in [0.1, 0.15) is 11.6 Å². The number of nitrogens with zero attached hydrogens (tertiary/aromatic N) is 1. The predicted molar refractivity (Wildman–Crippen MR) is 92.9 cm³/mol. The molecule has 6 nitrogen and oxygen atoms in total. The quantitative estimate of drug-likeness (QED) is 0.329. The smallest absolute Gasteiger partial charge is 0.417 e. The molecule has 0 atom stereocenters. The second-order valence-electron chi connectivity index (χ2n) is 5.47. The molecule has 10 heteroatoms. The molecule has 1 aromatic rings. The highest BCUT2D eigenvalue weighted by Gasteiger charge is 2.33. The Morgan fingerprint density at radius 1 is 1.26 bits per heavy atom. The summed E-state index contributed by atoms with van der Waals surface area (Å²) in [5.74, 6) is -1.58. The Morgan fingerprint density at radius 3 is 2.56 bits per heavy atom. The van der Waals surface area contributed by atoms with E-state index in [0.29, 0.717) is 19.3 Å². The van der Waals surface area contributed by atoms with E-state index in [2.05, 4.69) is 10.6 Å². The summed E-state index contributed by atoms with van der Waals surface area (Å²) in [6, 6.07) is 4.77. The van der Waals surface area contributed by atoms with E-state index in [1.807, 2.05) is 0 Å². The van der Waals surface area contributed by atoms with Crippen LogP contribution in [-0.4, -0.2) is 23.5 Å². The predicted octanol–water partition coefficient (Wildman–Crippen LogP) is 3.94. The number of aliphatic carboxylic acids is 1. The Bertz CT molecular complexity index is 758.